The fourth-order valence-electron chi connectivity index (χ4n) is 1.12. The molecule has 0 spiro atoms. The number of hydrogen-bond acceptors (Lipinski definition) is 0. The van der Waals surface area contributed by atoms with Gasteiger partial charge >= 0.3 is 0 Å². The van der Waals surface area contributed by atoms with Crippen LogP contribution in [0.1, 0.15) is 31.7 Å². The highest BCUT2D eigenvalue weighted by atomic mass is 127. The SMILES string of the molecule is CCC(C)c1ccc(I)cc1F. The Morgan fingerprint density at radius 3 is 2.67 bits per heavy atom. The first kappa shape index (κ1) is 9.96. The van der Waals surface area contributed by atoms with Crippen LogP contribution in [0.25, 0.3) is 0 Å². The lowest BCUT2D eigenvalue weighted by Crippen LogP contribution is -1.95. The molecule has 0 saturated carbocycles. The second-order valence-corrected chi connectivity index (χ2v) is 4.22. The molecule has 66 valence electrons. The van der Waals surface area contributed by atoms with Crippen molar-refractivity contribution in [3.63, 3.8) is 0 Å². The van der Waals surface area contributed by atoms with Crippen LogP contribution in [0.15, 0.2) is 18.2 Å². The summed E-state index contributed by atoms with van der Waals surface area (Å²) in [5, 5.41) is 0. The summed E-state index contributed by atoms with van der Waals surface area (Å²) in [5.74, 6) is 0.248. The van der Waals surface area contributed by atoms with Crippen molar-refractivity contribution in [1.29, 1.82) is 0 Å². The van der Waals surface area contributed by atoms with E-state index in [4.69, 9.17) is 0 Å². The zero-order valence-corrected chi connectivity index (χ0v) is 9.43. The van der Waals surface area contributed by atoms with Crippen LogP contribution >= 0.6 is 22.6 Å². The third kappa shape index (κ3) is 2.19. The zero-order chi connectivity index (χ0) is 9.14. The van der Waals surface area contributed by atoms with Crippen LogP contribution in [-0.4, -0.2) is 0 Å². The molecule has 0 aromatic heterocycles. The predicted octanol–water partition coefficient (Wildman–Crippen LogP) is 3.94. The standard InChI is InChI=1S/C10H12FI/c1-3-7(2)9-5-4-8(12)6-10(9)11/h4-7H,3H2,1-2H3. The number of hydrogen-bond donors (Lipinski definition) is 0. The number of benzene rings is 1. The van der Waals surface area contributed by atoms with Crippen molar-refractivity contribution >= 4 is 22.6 Å². The molecule has 0 N–H and O–H groups in total. The molecule has 1 aromatic carbocycles. The van der Waals surface area contributed by atoms with E-state index in [1.54, 1.807) is 6.07 Å². The third-order valence-electron chi connectivity index (χ3n) is 2.11. The van der Waals surface area contributed by atoms with Gasteiger partial charge in [0.05, 0.1) is 0 Å². The first-order valence-electron chi connectivity index (χ1n) is 4.10. The van der Waals surface area contributed by atoms with Gasteiger partial charge in [-0.3, -0.25) is 0 Å². The van der Waals surface area contributed by atoms with Gasteiger partial charge in [-0.2, -0.15) is 0 Å². The Bertz CT molecular complexity index is 271. The lowest BCUT2D eigenvalue weighted by molar-refractivity contribution is 0.583. The second-order valence-electron chi connectivity index (χ2n) is 2.98. The van der Waals surface area contributed by atoms with Crippen LogP contribution in [0, 0.1) is 9.39 Å². The Labute approximate surface area is 86.3 Å². The molecule has 0 saturated heterocycles. The largest absolute Gasteiger partial charge is 0.207 e. The van der Waals surface area contributed by atoms with E-state index in [-0.39, 0.29) is 5.82 Å². The molecule has 12 heavy (non-hydrogen) atoms. The minimum absolute atomic E-state index is 0.0729. The van der Waals surface area contributed by atoms with Gasteiger partial charge in [0.15, 0.2) is 0 Å². The fraction of sp³-hybridized carbons (Fsp3) is 0.400. The minimum atomic E-state index is -0.0729. The lowest BCUT2D eigenvalue weighted by Gasteiger charge is -2.09. The molecule has 0 aliphatic heterocycles. The molecule has 1 rings (SSSR count). The summed E-state index contributed by atoms with van der Waals surface area (Å²) >= 11 is 2.12. The average Bonchev–Trinajstić information content (AvgIpc) is 2.03. The van der Waals surface area contributed by atoms with Crippen molar-refractivity contribution in [3.8, 4) is 0 Å². The summed E-state index contributed by atoms with van der Waals surface area (Å²) in [6.07, 6.45) is 0.984. The monoisotopic (exact) mass is 278 g/mol. The molecule has 1 atom stereocenters. The highest BCUT2D eigenvalue weighted by Crippen LogP contribution is 2.22. The molecule has 0 nitrogen and oxygen atoms in total. The molecule has 0 radical (unpaired) electrons. The summed E-state index contributed by atoms with van der Waals surface area (Å²) < 4.78 is 14.2. The summed E-state index contributed by atoms with van der Waals surface area (Å²) in [7, 11) is 0. The third-order valence-corrected chi connectivity index (χ3v) is 2.78. The van der Waals surface area contributed by atoms with Crippen molar-refractivity contribution in [2.45, 2.75) is 26.2 Å². The molecule has 0 fully saturated rings. The highest BCUT2D eigenvalue weighted by Gasteiger charge is 2.08. The molecule has 0 amide bonds. The zero-order valence-electron chi connectivity index (χ0n) is 7.27. The molecule has 2 heteroatoms. The van der Waals surface area contributed by atoms with Crippen molar-refractivity contribution in [1.82, 2.24) is 0 Å². The maximum Gasteiger partial charge on any atom is 0.127 e. The molecule has 1 aromatic rings. The quantitative estimate of drug-likeness (QED) is 0.719. The molecule has 0 aliphatic rings. The van der Waals surface area contributed by atoms with Gasteiger partial charge in [-0.15, -0.1) is 0 Å². The van der Waals surface area contributed by atoms with Crippen LogP contribution in [0.4, 0.5) is 4.39 Å². The van der Waals surface area contributed by atoms with E-state index in [0.717, 1.165) is 15.6 Å². The molecule has 0 heterocycles. The van der Waals surface area contributed by atoms with E-state index < -0.39 is 0 Å². The van der Waals surface area contributed by atoms with E-state index >= 15 is 0 Å². The first-order valence-corrected chi connectivity index (χ1v) is 5.18. The van der Waals surface area contributed by atoms with Crippen LogP contribution in [-0.2, 0) is 0 Å². The van der Waals surface area contributed by atoms with Crippen molar-refractivity contribution in [2.24, 2.45) is 0 Å². The molecular formula is C10H12FI. The van der Waals surface area contributed by atoms with Crippen LogP contribution in [0.2, 0.25) is 0 Å². The van der Waals surface area contributed by atoms with Crippen molar-refractivity contribution in [2.75, 3.05) is 0 Å². The van der Waals surface area contributed by atoms with E-state index in [9.17, 15) is 4.39 Å². The Morgan fingerprint density at radius 1 is 1.50 bits per heavy atom. The van der Waals surface area contributed by atoms with Gasteiger partial charge in [-0.05, 0) is 52.6 Å². The Kier molecular flexibility index (Phi) is 3.50. The summed E-state index contributed by atoms with van der Waals surface area (Å²) in [5.41, 5.74) is 0.831. The first-order chi connectivity index (χ1) is 5.65. The van der Waals surface area contributed by atoms with Crippen LogP contribution in [0.3, 0.4) is 0 Å². The van der Waals surface area contributed by atoms with Crippen LogP contribution < -0.4 is 0 Å². The normalized spacial score (nSPS) is 13.0. The van der Waals surface area contributed by atoms with Gasteiger partial charge in [-0.1, -0.05) is 19.9 Å². The topological polar surface area (TPSA) is 0 Å². The predicted molar refractivity (Wildman–Crippen MR) is 57.8 cm³/mol. The molecule has 0 aliphatic carbocycles. The Hall–Kier alpha value is -0.120. The number of halogens is 2. The van der Waals surface area contributed by atoms with Gasteiger partial charge in [0.2, 0.25) is 0 Å². The van der Waals surface area contributed by atoms with E-state index in [0.29, 0.717) is 5.92 Å². The maximum atomic E-state index is 13.3. The molecule has 1 unspecified atom stereocenters. The second kappa shape index (κ2) is 4.21. The van der Waals surface area contributed by atoms with Gasteiger partial charge in [0, 0.05) is 3.57 Å². The fourth-order valence-corrected chi connectivity index (χ4v) is 1.57. The maximum absolute atomic E-state index is 13.3. The summed E-state index contributed by atoms with van der Waals surface area (Å²) in [6, 6.07) is 5.42. The van der Waals surface area contributed by atoms with E-state index in [1.165, 1.54) is 0 Å². The Morgan fingerprint density at radius 2 is 2.17 bits per heavy atom. The smallest absolute Gasteiger partial charge is 0.127 e. The van der Waals surface area contributed by atoms with Crippen molar-refractivity contribution < 1.29 is 4.39 Å². The summed E-state index contributed by atoms with van der Waals surface area (Å²) in [4.78, 5) is 0. The van der Waals surface area contributed by atoms with Crippen LogP contribution in [0.5, 0.6) is 0 Å². The van der Waals surface area contributed by atoms with Gasteiger partial charge in [0.1, 0.15) is 5.82 Å². The minimum Gasteiger partial charge on any atom is -0.207 e. The molecule has 0 bridgehead atoms. The van der Waals surface area contributed by atoms with Crippen molar-refractivity contribution in [3.05, 3.63) is 33.1 Å². The average molecular weight is 278 g/mol. The Balaban J connectivity index is 3.01. The van der Waals surface area contributed by atoms with Gasteiger partial charge < -0.3 is 0 Å². The van der Waals surface area contributed by atoms with Gasteiger partial charge in [-0.25, -0.2) is 4.39 Å². The van der Waals surface area contributed by atoms with E-state index in [2.05, 4.69) is 29.5 Å². The van der Waals surface area contributed by atoms with Gasteiger partial charge in [0.25, 0.3) is 0 Å². The highest BCUT2D eigenvalue weighted by molar-refractivity contribution is 14.1. The molecular weight excluding hydrogens is 266 g/mol. The number of rotatable bonds is 2. The summed E-state index contributed by atoms with van der Waals surface area (Å²) in [6.45, 7) is 4.12. The lowest BCUT2D eigenvalue weighted by atomic mass is 9.98. The van der Waals surface area contributed by atoms with E-state index in [1.807, 2.05) is 19.1 Å².